The van der Waals surface area contributed by atoms with Crippen molar-refractivity contribution in [3.05, 3.63) is 5.28 Å². The second-order valence-corrected chi connectivity index (χ2v) is 5.77. The summed E-state index contributed by atoms with van der Waals surface area (Å²) >= 11 is 5.85. The number of aliphatic hydroxyl groups is 1. The first-order valence-electron chi connectivity index (χ1n) is 5.62. The number of hydrogen-bond acceptors (Lipinski definition) is 6. The van der Waals surface area contributed by atoms with Crippen LogP contribution in [0.1, 0.15) is 27.7 Å². The Morgan fingerprint density at radius 2 is 1.67 bits per heavy atom. The van der Waals surface area contributed by atoms with Crippen molar-refractivity contribution in [1.82, 2.24) is 15.0 Å². The summed E-state index contributed by atoms with van der Waals surface area (Å²) in [5.74, 6) is 0.801. The molecule has 0 amide bonds. The number of aromatic nitrogens is 3. The average Bonchev–Trinajstić information content (AvgIpc) is 2.13. The van der Waals surface area contributed by atoms with Crippen molar-refractivity contribution in [2.45, 2.75) is 38.8 Å². The highest BCUT2D eigenvalue weighted by Crippen LogP contribution is 2.25. The predicted octanol–water partition coefficient (Wildman–Crippen LogP) is 1.55. The lowest BCUT2D eigenvalue weighted by atomic mass is 9.86. The second-order valence-electron chi connectivity index (χ2n) is 5.43. The molecule has 0 spiro atoms. The van der Waals surface area contributed by atoms with Gasteiger partial charge in [-0.15, -0.1) is 0 Å². The first-order chi connectivity index (χ1) is 8.03. The van der Waals surface area contributed by atoms with Gasteiger partial charge in [0, 0.05) is 14.1 Å². The van der Waals surface area contributed by atoms with Gasteiger partial charge in [0.05, 0.1) is 11.1 Å². The molecule has 1 heterocycles. The summed E-state index contributed by atoms with van der Waals surface area (Å²) in [6.07, 6.45) is 0. The zero-order valence-corrected chi connectivity index (χ0v) is 12.4. The van der Waals surface area contributed by atoms with Gasteiger partial charge in [0.15, 0.2) is 0 Å². The van der Waals surface area contributed by atoms with E-state index in [2.05, 4.69) is 20.3 Å². The van der Waals surface area contributed by atoms with Crippen LogP contribution in [0.4, 0.5) is 11.9 Å². The summed E-state index contributed by atoms with van der Waals surface area (Å²) in [5, 5.41) is 13.3. The number of nitrogens with one attached hydrogen (secondary N) is 1. The first-order valence-corrected chi connectivity index (χ1v) is 6.00. The van der Waals surface area contributed by atoms with Crippen LogP contribution in [-0.2, 0) is 0 Å². The van der Waals surface area contributed by atoms with E-state index in [1.807, 2.05) is 27.9 Å². The summed E-state index contributed by atoms with van der Waals surface area (Å²) in [7, 11) is 3.63. The topological polar surface area (TPSA) is 74.2 Å². The van der Waals surface area contributed by atoms with E-state index in [1.165, 1.54) is 0 Å². The molecule has 0 saturated carbocycles. The van der Waals surface area contributed by atoms with Gasteiger partial charge in [-0.3, -0.25) is 0 Å². The van der Waals surface area contributed by atoms with Crippen molar-refractivity contribution in [3.8, 4) is 0 Å². The minimum absolute atomic E-state index is 0.114. The van der Waals surface area contributed by atoms with E-state index >= 15 is 0 Å². The maximum atomic E-state index is 10.1. The van der Waals surface area contributed by atoms with Crippen LogP contribution in [-0.4, -0.2) is 45.3 Å². The lowest BCUT2D eigenvalue weighted by Crippen LogP contribution is -2.51. The lowest BCUT2D eigenvalue weighted by Gasteiger charge is -2.38. The Balaban J connectivity index is 3.05. The van der Waals surface area contributed by atoms with Crippen LogP contribution >= 0.6 is 11.6 Å². The van der Waals surface area contributed by atoms with E-state index in [0.717, 1.165) is 0 Å². The fraction of sp³-hybridized carbons (Fsp3) is 0.727. The molecule has 0 atom stereocenters. The molecule has 0 fully saturated rings. The molecule has 0 saturated heterocycles. The molecule has 0 radical (unpaired) electrons. The maximum Gasteiger partial charge on any atom is 0.230 e. The largest absolute Gasteiger partial charge is 0.388 e. The van der Waals surface area contributed by atoms with Gasteiger partial charge in [0.1, 0.15) is 0 Å². The summed E-state index contributed by atoms with van der Waals surface area (Å²) in [4.78, 5) is 14.0. The van der Waals surface area contributed by atoms with Gasteiger partial charge < -0.3 is 15.3 Å². The van der Waals surface area contributed by atoms with E-state index in [9.17, 15) is 5.11 Å². The first kappa shape index (κ1) is 14.9. The van der Waals surface area contributed by atoms with Crippen molar-refractivity contribution in [3.63, 3.8) is 0 Å². The number of halogens is 1. The maximum absolute atomic E-state index is 10.1. The van der Waals surface area contributed by atoms with E-state index in [-0.39, 0.29) is 5.28 Å². The normalized spacial score (nSPS) is 12.4. The molecule has 1 aromatic rings. The number of rotatable bonds is 4. The van der Waals surface area contributed by atoms with Crippen LogP contribution < -0.4 is 10.2 Å². The standard InChI is InChI=1S/C11H20ClN5O/c1-10(2,11(3,4)18)16-8-13-7(12)14-9(15-8)17(5)6/h18H,1-6H3,(H,13,14,15,16). The third-order valence-corrected chi connectivity index (χ3v) is 3.12. The molecular formula is C11H20ClN5O. The van der Waals surface area contributed by atoms with Gasteiger partial charge in [-0.2, -0.15) is 15.0 Å². The minimum atomic E-state index is -0.940. The fourth-order valence-corrected chi connectivity index (χ4v) is 1.18. The molecule has 2 N–H and O–H groups in total. The molecule has 0 aliphatic rings. The number of hydrogen-bond donors (Lipinski definition) is 2. The highest BCUT2D eigenvalue weighted by atomic mass is 35.5. The molecule has 102 valence electrons. The Morgan fingerprint density at radius 1 is 1.11 bits per heavy atom. The quantitative estimate of drug-likeness (QED) is 0.867. The Morgan fingerprint density at radius 3 is 2.11 bits per heavy atom. The molecule has 18 heavy (non-hydrogen) atoms. The summed E-state index contributed by atoms with van der Waals surface area (Å²) in [5.41, 5.74) is -1.55. The summed E-state index contributed by atoms with van der Waals surface area (Å²) in [6.45, 7) is 7.16. The van der Waals surface area contributed by atoms with Gasteiger partial charge in [-0.1, -0.05) is 0 Å². The molecule has 1 aromatic heterocycles. The van der Waals surface area contributed by atoms with Gasteiger partial charge >= 0.3 is 0 Å². The van der Waals surface area contributed by atoms with E-state index in [4.69, 9.17) is 11.6 Å². The fourth-order valence-electron chi connectivity index (χ4n) is 1.03. The Labute approximate surface area is 112 Å². The molecule has 7 heteroatoms. The molecular weight excluding hydrogens is 254 g/mol. The highest BCUT2D eigenvalue weighted by Gasteiger charge is 2.35. The van der Waals surface area contributed by atoms with Crippen molar-refractivity contribution < 1.29 is 5.11 Å². The second kappa shape index (κ2) is 4.85. The number of anilines is 2. The molecule has 0 aliphatic carbocycles. The molecule has 0 aliphatic heterocycles. The molecule has 0 aromatic carbocycles. The van der Waals surface area contributed by atoms with Gasteiger partial charge in [-0.25, -0.2) is 0 Å². The van der Waals surface area contributed by atoms with Crippen molar-refractivity contribution >= 4 is 23.5 Å². The molecule has 0 unspecified atom stereocenters. The third-order valence-electron chi connectivity index (χ3n) is 2.95. The SMILES string of the molecule is CN(C)c1nc(Cl)nc(NC(C)(C)C(C)(C)O)n1. The summed E-state index contributed by atoms with van der Waals surface area (Å²) < 4.78 is 0. The zero-order chi connectivity index (χ0) is 14.1. The van der Waals surface area contributed by atoms with Crippen LogP contribution in [0, 0.1) is 0 Å². The van der Waals surface area contributed by atoms with Crippen molar-refractivity contribution in [2.75, 3.05) is 24.3 Å². The Bertz CT molecular complexity index is 428. The van der Waals surface area contributed by atoms with E-state index < -0.39 is 11.1 Å². The van der Waals surface area contributed by atoms with Crippen molar-refractivity contribution in [1.29, 1.82) is 0 Å². The van der Waals surface area contributed by atoms with E-state index in [1.54, 1.807) is 18.7 Å². The monoisotopic (exact) mass is 273 g/mol. The van der Waals surface area contributed by atoms with Crippen LogP contribution in [0.3, 0.4) is 0 Å². The average molecular weight is 274 g/mol. The Hall–Kier alpha value is -1.14. The Kier molecular flexibility index (Phi) is 4.02. The molecule has 6 nitrogen and oxygen atoms in total. The zero-order valence-electron chi connectivity index (χ0n) is 11.6. The highest BCUT2D eigenvalue weighted by molar-refractivity contribution is 6.28. The van der Waals surface area contributed by atoms with Crippen LogP contribution in [0.25, 0.3) is 0 Å². The van der Waals surface area contributed by atoms with Crippen LogP contribution in [0.2, 0.25) is 5.28 Å². The lowest BCUT2D eigenvalue weighted by molar-refractivity contribution is 0.0237. The third kappa shape index (κ3) is 3.43. The van der Waals surface area contributed by atoms with Crippen molar-refractivity contribution in [2.24, 2.45) is 0 Å². The smallest absolute Gasteiger partial charge is 0.230 e. The van der Waals surface area contributed by atoms with E-state index in [0.29, 0.717) is 11.9 Å². The van der Waals surface area contributed by atoms with Crippen LogP contribution in [0.15, 0.2) is 0 Å². The van der Waals surface area contributed by atoms with Crippen LogP contribution in [0.5, 0.6) is 0 Å². The summed E-state index contributed by atoms with van der Waals surface area (Å²) in [6, 6.07) is 0. The predicted molar refractivity (Wildman–Crippen MR) is 73.2 cm³/mol. The van der Waals surface area contributed by atoms with Gasteiger partial charge in [0.25, 0.3) is 0 Å². The molecule has 0 bridgehead atoms. The van der Waals surface area contributed by atoms with Gasteiger partial charge in [-0.05, 0) is 39.3 Å². The molecule has 1 rings (SSSR count). The van der Waals surface area contributed by atoms with Gasteiger partial charge in [0.2, 0.25) is 17.2 Å². The number of nitrogens with zero attached hydrogens (tertiary/aromatic N) is 4. The minimum Gasteiger partial charge on any atom is -0.388 e.